The SMILES string of the molecule is CC(=O)CCN1C(=O)N[C@](C)(c2cccc(Br)c2)C1=O. The summed E-state index contributed by atoms with van der Waals surface area (Å²) in [6, 6.07) is 6.78. The Morgan fingerprint density at radius 2 is 2.10 bits per heavy atom. The molecule has 5 nitrogen and oxygen atoms in total. The van der Waals surface area contributed by atoms with E-state index in [0.29, 0.717) is 5.56 Å². The van der Waals surface area contributed by atoms with Crippen LogP contribution in [0.2, 0.25) is 0 Å². The van der Waals surface area contributed by atoms with Gasteiger partial charge in [-0.15, -0.1) is 0 Å². The number of halogens is 1. The highest BCUT2D eigenvalue weighted by atomic mass is 79.9. The Kier molecular flexibility index (Phi) is 3.94. The van der Waals surface area contributed by atoms with E-state index in [2.05, 4.69) is 21.2 Å². The number of hydrogen-bond acceptors (Lipinski definition) is 3. The molecule has 1 fully saturated rings. The van der Waals surface area contributed by atoms with Gasteiger partial charge >= 0.3 is 6.03 Å². The zero-order valence-electron chi connectivity index (χ0n) is 11.3. The van der Waals surface area contributed by atoms with Gasteiger partial charge in [0.05, 0.1) is 0 Å². The number of ketones is 1. The quantitative estimate of drug-likeness (QED) is 0.855. The Balaban J connectivity index is 2.28. The average Bonchev–Trinajstić information content (AvgIpc) is 2.59. The number of rotatable bonds is 4. The smallest absolute Gasteiger partial charge is 0.319 e. The number of imide groups is 1. The molecule has 0 unspecified atom stereocenters. The minimum atomic E-state index is -1.09. The Morgan fingerprint density at radius 3 is 2.70 bits per heavy atom. The first-order valence-electron chi connectivity index (χ1n) is 6.24. The first-order chi connectivity index (χ1) is 9.34. The maximum atomic E-state index is 12.5. The molecule has 1 aliphatic rings. The summed E-state index contributed by atoms with van der Waals surface area (Å²) < 4.78 is 0.834. The summed E-state index contributed by atoms with van der Waals surface area (Å²) in [6.45, 7) is 3.22. The molecule has 1 aromatic rings. The second-order valence-corrected chi connectivity index (χ2v) is 5.89. The molecule has 2 rings (SSSR count). The molecule has 0 radical (unpaired) electrons. The topological polar surface area (TPSA) is 66.5 Å². The summed E-state index contributed by atoms with van der Waals surface area (Å²) in [5.41, 5.74) is -0.381. The van der Waals surface area contributed by atoms with Crippen molar-refractivity contribution < 1.29 is 14.4 Å². The molecule has 1 saturated heterocycles. The van der Waals surface area contributed by atoms with E-state index in [1.54, 1.807) is 19.1 Å². The van der Waals surface area contributed by atoms with Crippen molar-refractivity contribution in [2.24, 2.45) is 0 Å². The molecule has 20 heavy (non-hydrogen) atoms. The predicted octanol–water partition coefficient (Wildman–Crippen LogP) is 2.20. The Hall–Kier alpha value is -1.69. The van der Waals surface area contributed by atoms with Crippen molar-refractivity contribution in [3.05, 3.63) is 34.3 Å². The van der Waals surface area contributed by atoms with Gasteiger partial charge in [0.2, 0.25) is 0 Å². The maximum Gasteiger partial charge on any atom is 0.325 e. The largest absolute Gasteiger partial charge is 0.325 e. The second kappa shape index (κ2) is 5.36. The lowest BCUT2D eigenvalue weighted by atomic mass is 9.92. The van der Waals surface area contributed by atoms with Crippen molar-refractivity contribution in [1.82, 2.24) is 10.2 Å². The van der Waals surface area contributed by atoms with Gasteiger partial charge in [0.1, 0.15) is 11.3 Å². The lowest BCUT2D eigenvalue weighted by Gasteiger charge is -2.22. The van der Waals surface area contributed by atoms with Crippen molar-refractivity contribution in [1.29, 1.82) is 0 Å². The van der Waals surface area contributed by atoms with Crippen LogP contribution >= 0.6 is 15.9 Å². The van der Waals surface area contributed by atoms with Crippen molar-refractivity contribution >= 4 is 33.7 Å². The molecule has 1 atom stereocenters. The molecule has 6 heteroatoms. The Bertz CT molecular complexity index is 588. The minimum absolute atomic E-state index is 0.0540. The van der Waals surface area contributed by atoms with Crippen LogP contribution in [-0.4, -0.2) is 29.2 Å². The zero-order chi connectivity index (χ0) is 14.9. The van der Waals surface area contributed by atoms with Crippen LogP contribution in [0.4, 0.5) is 4.79 Å². The number of urea groups is 1. The normalized spacial score (nSPS) is 22.1. The number of hydrogen-bond donors (Lipinski definition) is 1. The number of amides is 3. The van der Waals surface area contributed by atoms with E-state index in [4.69, 9.17) is 0 Å². The monoisotopic (exact) mass is 338 g/mol. The van der Waals surface area contributed by atoms with Crippen molar-refractivity contribution in [3.8, 4) is 0 Å². The van der Waals surface area contributed by atoms with Crippen LogP contribution in [-0.2, 0) is 15.1 Å². The first-order valence-corrected chi connectivity index (χ1v) is 7.03. The van der Waals surface area contributed by atoms with Gasteiger partial charge in [-0.3, -0.25) is 14.5 Å². The Labute approximate surface area is 125 Å². The molecule has 1 N–H and O–H groups in total. The molecule has 0 bridgehead atoms. The highest BCUT2D eigenvalue weighted by Crippen LogP contribution is 2.30. The van der Waals surface area contributed by atoms with Gasteiger partial charge in [0.15, 0.2) is 0 Å². The fraction of sp³-hybridized carbons (Fsp3) is 0.357. The van der Waals surface area contributed by atoms with E-state index >= 15 is 0 Å². The van der Waals surface area contributed by atoms with Gasteiger partial charge in [0, 0.05) is 17.4 Å². The number of carbonyl (C=O) groups excluding carboxylic acids is 3. The zero-order valence-corrected chi connectivity index (χ0v) is 12.9. The van der Waals surface area contributed by atoms with Crippen LogP contribution in [0.15, 0.2) is 28.7 Å². The fourth-order valence-corrected chi connectivity index (χ4v) is 2.56. The van der Waals surface area contributed by atoms with Crippen LogP contribution in [0, 0.1) is 0 Å². The number of carbonyl (C=O) groups is 3. The van der Waals surface area contributed by atoms with Crippen molar-refractivity contribution in [2.45, 2.75) is 25.8 Å². The van der Waals surface area contributed by atoms with Gasteiger partial charge in [-0.05, 0) is 31.5 Å². The number of benzene rings is 1. The van der Waals surface area contributed by atoms with Gasteiger partial charge < -0.3 is 5.32 Å². The third-order valence-electron chi connectivity index (χ3n) is 3.36. The van der Waals surface area contributed by atoms with Gasteiger partial charge in [-0.1, -0.05) is 28.1 Å². The van der Waals surface area contributed by atoms with Gasteiger partial charge in [-0.2, -0.15) is 0 Å². The highest BCUT2D eigenvalue weighted by Gasteiger charge is 2.48. The molecule has 1 aromatic carbocycles. The molecule has 1 heterocycles. The summed E-state index contributed by atoms with van der Waals surface area (Å²) in [4.78, 5) is 36.5. The lowest BCUT2D eigenvalue weighted by molar-refractivity contribution is -0.131. The lowest BCUT2D eigenvalue weighted by Crippen LogP contribution is -2.41. The van der Waals surface area contributed by atoms with E-state index < -0.39 is 11.6 Å². The highest BCUT2D eigenvalue weighted by molar-refractivity contribution is 9.10. The summed E-state index contributed by atoms with van der Waals surface area (Å²) in [7, 11) is 0. The van der Waals surface area contributed by atoms with E-state index in [-0.39, 0.29) is 24.7 Å². The number of Topliss-reactive ketones (excluding diaryl/α,β-unsaturated/α-hetero) is 1. The van der Waals surface area contributed by atoms with Crippen molar-refractivity contribution in [3.63, 3.8) is 0 Å². The van der Waals surface area contributed by atoms with Crippen LogP contribution in [0.3, 0.4) is 0 Å². The van der Waals surface area contributed by atoms with Crippen molar-refractivity contribution in [2.75, 3.05) is 6.54 Å². The summed E-state index contributed by atoms with van der Waals surface area (Å²) >= 11 is 3.35. The van der Waals surface area contributed by atoms with Crippen LogP contribution in [0.5, 0.6) is 0 Å². The third kappa shape index (κ3) is 2.60. The Morgan fingerprint density at radius 1 is 1.40 bits per heavy atom. The molecular formula is C14H15BrN2O3. The van der Waals surface area contributed by atoms with E-state index in [1.165, 1.54) is 6.92 Å². The molecular weight excluding hydrogens is 324 g/mol. The van der Waals surface area contributed by atoms with E-state index in [9.17, 15) is 14.4 Å². The fourth-order valence-electron chi connectivity index (χ4n) is 2.16. The molecule has 0 spiro atoms. The molecule has 1 aliphatic heterocycles. The number of nitrogens with zero attached hydrogens (tertiary/aromatic N) is 1. The van der Waals surface area contributed by atoms with E-state index in [1.807, 2.05) is 12.1 Å². The molecule has 0 aromatic heterocycles. The van der Waals surface area contributed by atoms with E-state index in [0.717, 1.165) is 9.37 Å². The predicted molar refractivity (Wildman–Crippen MR) is 77.0 cm³/mol. The molecule has 3 amide bonds. The van der Waals surface area contributed by atoms with Crippen LogP contribution in [0.1, 0.15) is 25.8 Å². The van der Waals surface area contributed by atoms with Crippen LogP contribution < -0.4 is 5.32 Å². The molecule has 106 valence electrons. The molecule has 0 aliphatic carbocycles. The third-order valence-corrected chi connectivity index (χ3v) is 3.86. The minimum Gasteiger partial charge on any atom is -0.319 e. The second-order valence-electron chi connectivity index (χ2n) is 4.97. The maximum absolute atomic E-state index is 12.5. The summed E-state index contributed by atoms with van der Waals surface area (Å²) in [5.74, 6) is -0.386. The summed E-state index contributed by atoms with van der Waals surface area (Å²) in [5, 5.41) is 2.70. The average molecular weight is 339 g/mol. The number of nitrogens with one attached hydrogen (secondary N) is 1. The van der Waals surface area contributed by atoms with Crippen LogP contribution in [0.25, 0.3) is 0 Å². The first kappa shape index (κ1) is 14.7. The standard InChI is InChI=1S/C14H15BrN2O3/c1-9(18)6-7-17-12(19)14(2,16-13(17)20)10-4-3-5-11(15)8-10/h3-5,8H,6-7H2,1-2H3,(H,16,20)/t14-/m1/s1. The molecule has 0 saturated carbocycles. The van der Waals surface area contributed by atoms with Gasteiger partial charge in [0.25, 0.3) is 5.91 Å². The summed E-state index contributed by atoms with van der Waals surface area (Å²) in [6.07, 6.45) is 0.174. The van der Waals surface area contributed by atoms with Gasteiger partial charge in [-0.25, -0.2) is 4.79 Å².